The highest BCUT2D eigenvalue weighted by Crippen LogP contribution is 2.21. The van der Waals surface area contributed by atoms with E-state index >= 15 is 0 Å². The van der Waals surface area contributed by atoms with Gasteiger partial charge in [-0.15, -0.1) is 6.58 Å². The van der Waals surface area contributed by atoms with Crippen molar-refractivity contribution in [1.82, 2.24) is 14.5 Å². The Kier molecular flexibility index (Phi) is 2.61. The van der Waals surface area contributed by atoms with Gasteiger partial charge in [-0.3, -0.25) is 9.97 Å². The van der Waals surface area contributed by atoms with E-state index in [1.807, 2.05) is 9.97 Å². The summed E-state index contributed by atoms with van der Waals surface area (Å²) < 4.78 is 5.95. The average molecular weight is 225 g/mol. The number of nitrogens with one attached hydrogen (secondary N) is 2. The van der Waals surface area contributed by atoms with Crippen LogP contribution in [0.15, 0.2) is 27.0 Å². The average Bonchev–Trinajstić information content (AvgIpc) is 2.98. The summed E-state index contributed by atoms with van der Waals surface area (Å²) in [4.78, 5) is 37.7. The van der Waals surface area contributed by atoms with Crippen molar-refractivity contribution in [2.75, 3.05) is 6.61 Å². The van der Waals surface area contributed by atoms with Crippen molar-refractivity contribution >= 4 is 0 Å². The zero-order chi connectivity index (χ0) is 11.7. The van der Waals surface area contributed by atoms with Crippen molar-refractivity contribution in [3.8, 4) is 0 Å². The number of H-pyrrole nitrogens is 2. The first-order valence-electron chi connectivity index (χ1n) is 4.81. The molecule has 2 unspecified atom stereocenters. The van der Waals surface area contributed by atoms with E-state index in [1.165, 1.54) is 6.08 Å². The Bertz CT molecular complexity index is 529. The topological polar surface area (TPSA) is 100 Å². The molecule has 2 heterocycles. The van der Waals surface area contributed by atoms with Crippen molar-refractivity contribution < 1.29 is 4.74 Å². The fourth-order valence-corrected chi connectivity index (χ4v) is 1.52. The first-order chi connectivity index (χ1) is 7.61. The molecule has 1 aromatic rings. The van der Waals surface area contributed by atoms with Crippen LogP contribution in [0.5, 0.6) is 0 Å². The number of rotatable bonds is 4. The molecule has 1 aliphatic heterocycles. The zero-order valence-corrected chi connectivity index (χ0v) is 8.43. The first-order valence-corrected chi connectivity index (χ1v) is 4.81. The lowest BCUT2D eigenvalue weighted by atomic mass is 10.1. The number of nitrogens with zero attached hydrogens (tertiary/aromatic N) is 1. The third-order valence-electron chi connectivity index (χ3n) is 2.39. The largest absolute Gasteiger partial charge is 0.373 e. The lowest BCUT2D eigenvalue weighted by molar-refractivity contribution is 0.363. The third-order valence-corrected chi connectivity index (χ3v) is 2.39. The second-order valence-electron chi connectivity index (χ2n) is 3.55. The summed E-state index contributed by atoms with van der Waals surface area (Å²) in [7, 11) is 0. The lowest BCUT2D eigenvalue weighted by Gasteiger charge is -2.11. The highest BCUT2D eigenvalue weighted by atomic mass is 16.6. The van der Waals surface area contributed by atoms with Gasteiger partial charge in [0.2, 0.25) is 0 Å². The predicted molar refractivity (Wildman–Crippen MR) is 55.5 cm³/mol. The summed E-state index contributed by atoms with van der Waals surface area (Å²) in [6.45, 7) is 4.19. The standard InChI is InChI=1S/C9H11N3O4/c1-2-5(3-6-4-16-6)12-8(14)10-7(13)11-9(12)15/h2,5-6H,1,3-4H2,(H2,10,11,13,14,15). The quantitative estimate of drug-likeness (QED) is 0.493. The summed E-state index contributed by atoms with van der Waals surface area (Å²) in [5.41, 5.74) is -2.28. The van der Waals surface area contributed by atoms with Gasteiger partial charge in [0, 0.05) is 6.42 Å². The monoisotopic (exact) mass is 225 g/mol. The zero-order valence-electron chi connectivity index (χ0n) is 8.43. The fraction of sp³-hybridized carbons (Fsp3) is 0.444. The Morgan fingerprint density at radius 3 is 2.44 bits per heavy atom. The van der Waals surface area contributed by atoms with Gasteiger partial charge in [-0.25, -0.2) is 19.0 Å². The molecule has 2 N–H and O–H groups in total. The van der Waals surface area contributed by atoms with Gasteiger partial charge in [-0.1, -0.05) is 6.08 Å². The van der Waals surface area contributed by atoms with Crippen LogP contribution in [0.1, 0.15) is 12.5 Å². The molecule has 0 aliphatic carbocycles. The number of hydrogen-bond donors (Lipinski definition) is 2. The normalized spacial score (nSPS) is 20.4. The SMILES string of the molecule is C=CC(CC1CO1)n1c(=O)[nH]c(=O)[nH]c1=O. The molecule has 7 nitrogen and oxygen atoms in total. The van der Waals surface area contributed by atoms with Crippen LogP contribution in [0.25, 0.3) is 0 Å². The summed E-state index contributed by atoms with van der Waals surface area (Å²) in [6, 6.07) is -0.472. The molecule has 0 saturated carbocycles. The number of epoxide rings is 1. The molecule has 0 bridgehead atoms. The van der Waals surface area contributed by atoms with Gasteiger partial charge in [0.05, 0.1) is 18.8 Å². The van der Waals surface area contributed by atoms with E-state index in [9.17, 15) is 14.4 Å². The van der Waals surface area contributed by atoms with Crippen molar-refractivity contribution in [1.29, 1.82) is 0 Å². The van der Waals surface area contributed by atoms with E-state index < -0.39 is 23.1 Å². The van der Waals surface area contributed by atoms with Gasteiger partial charge in [0.15, 0.2) is 0 Å². The maximum Gasteiger partial charge on any atom is 0.334 e. The fourth-order valence-electron chi connectivity index (χ4n) is 1.52. The lowest BCUT2D eigenvalue weighted by Crippen LogP contribution is -2.45. The summed E-state index contributed by atoms with van der Waals surface area (Å²) in [6.07, 6.45) is 2.04. The van der Waals surface area contributed by atoms with Gasteiger partial charge in [0.25, 0.3) is 0 Å². The van der Waals surface area contributed by atoms with Crippen LogP contribution >= 0.6 is 0 Å². The highest BCUT2D eigenvalue weighted by Gasteiger charge is 2.27. The molecule has 7 heteroatoms. The van der Waals surface area contributed by atoms with Crippen LogP contribution < -0.4 is 17.1 Å². The minimum Gasteiger partial charge on any atom is -0.373 e. The van der Waals surface area contributed by atoms with Crippen molar-refractivity contribution in [2.24, 2.45) is 0 Å². The Labute approximate surface area is 89.4 Å². The van der Waals surface area contributed by atoms with Crippen LogP contribution in [-0.4, -0.2) is 27.2 Å². The highest BCUT2D eigenvalue weighted by molar-refractivity contribution is 4.91. The van der Waals surface area contributed by atoms with E-state index in [0.29, 0.717) is 13.0 Å². The number of ether oxygens (including phenoxy) is 1. The Morgan fingerprint density at radius 2 is 2.00 bits per heavy atom. The number of allylic oxidation sites excluding steroid dienone is 1. The molecule has 86 valence electrons. The van der Waals surface area contributed by atoms with E-state index in [2.05, 4.69) is 6.58 Å². The number of hydrogen-bond acceptors (Lipinski definition) is 4. The van der Waals surface area contributed by atoms with Crippen LogP contribution in [0.3, 0.4) is 0 Å². The molecule has 0 radical (unpaired) electrons. The van der Waals surface area contributed by atoms with E-state index in [1.54, 1.807) is 0 Å². The Hall–Kier alpha value is -1.89. The molecule has 0 amide bonds. The molecular weight excluding hydrogens is 214 g/mol. The minimum absolute atomic E-state index is 0.0567. The van der Waals surface area contributed by atoms with Crippen molar-refractivity contribution in [3.05, 3.63) is 44.1 Å². The third kappa shape index (κ3) is 2.03. The van der Waals surface area contributed by atoms with E-state index in [0.717, 1.165) is 4.57 Å². The minimum atomic E-state index is -0.809. The van der Waals surface area contributed by atoms with Crippen LogP contribution in [0, 0.1) is 0 Å². The van der Waals surface area contributed by atoms with Crippen LogP contribution in [0.2, 0.25) is 0 Å². The smallest absolute Gasteiger partial charge is 0.334 e. The maximum atomic E-state index is 11.5. The first kappa shape index (κ1) is 10.6. The van der Waals surface area contributed by atoms with Crippen molar-refractivity contribution in [3.63, 3.8) is 0 Å². The summed E-state index contributed by atoms with van der Waals surface area (Å²) in [5, 5.41) is 0. The summed E-state index contributed by atoms with van der Waals surface area (Å²) in [5.74, 6) is 0. The molecule has 2 rings (SSSR count). The van der Waals surface area contributed by atoms with Crippen molar-refractivity contribution in [2.45, 2.75) is 18.6 Å². The Balaban J connectivity index is 2.44. The molecule has 0 aromatic carbocycles. The van der Waals surface area contributed by atoms with Crippen LogP contribution in [-0.2, 0) is 4.74 Å². The van der Waals surface area contributed by atoms with E-state index in [-0.39, 0.29) is 6.10 Å². The second kappa shape index (κ2) is 3.93. The van der Waals surface area contributed by atoms with E-state index in [4.69, 9.17) is 4.74 Å². The molecule has 1 aliphatic rings. The second-order valence-corrected chi connectivity index (χ2v) is 3.55. The van der Waals surface area contributed by atoms with Gasteiger partial charge in [-0.2, -0.15) is 0 Å². The number of aromatic amines is 2. The molecule has 1 aromatic heterocycles. The molecular formula is C9H11N3O4. The molecule has 1 fully saturated rings. The summed E-state index contributed by atoms with van der Waals surface area (Å²) >= 11 is 0. The maximum absolute atomic E-state index is 11.5. The molecule has 2 atom stereocenters. The van der Waals surface area contributed by atoms with Crippen LogP contribution in [0.4, 0.5) is 0 Å². The van der Waals surface area contributed by atoms with Gasteiger partial charge in [0.1, 0.15) is 0 Å². The Morgan fingerprint density at radius 1 is 1.44 bits per heavy atom. The van der Waals surface area contributed by atoms with Gasteiger partial charge >= 0.3 is 17.1 Å². The molecule has 16 heavy (non-hydrogen) atoms. The van der Waals surface area contributed by atoms with Gasteiger partial charge < -0.3 is 4.74 Å². The molecule has 1 saturated heterocycles. The molecule has 0 spiro atoms. The van der Waals surface area contributed by atoms with Gasteiger partial charge in [-0.05, 0) is 0 Å². The predicted octanol–water partition coefficient (Wildman–Crippen LogP) is -1.26. The number of aromatic nitrogens is 3.